The Morgan fingerprint density at radius 2 is 2.18 bits per heavy atom. The number of hydrogen-bond donors (Lipinski definition) is 0. The fourth-order valence-corrected chi connectivity index (χ4v) is 4.97. The number of aryl methyl sites for hydroxylation is 2. The Morgan fingerprint density at radius 1 is 1.25 bits per heavy atom. The molecule has 28 heavy (non-hydrogen) atoms. The molecule has 4 aromatic heterocycles. The maximum absolute atomic E-state index is 5.52. The number of hydrogen-bond acceptors (Lipinski definition) is 5. The lowest BCUT2D eigenvalue weighted by Crippen LogP contribution is -2.38. The Kier molecular flexibility index (Phi) is 3.32. The van der Waals surface area contributed by atoms with E-state index in [1.165, 1.54) is 29.7 Å². The summed E-state index contributed by atoms with van der Waals surface area (Å²) in [6, 6.07) is 6.78. The highest BCUT2D eigenvalue weighted by Crippen LogP contribution is 2.44. The zero-order valence-electron chi connectivity index (χ0n) is 16.0. The van der Waals surface area contributed by atoms with E-state index in [0.717, 1.165) is 35.8 Å². The van der Waals surface area contributed by atoms with Crippen LogP contribution in [0, 0.1) is 6.92 Å². The van der Waals surface area contributed by atoms with E-state index >= 15 is 0 Å². The molecule has 6 heterocycles. The molecule has 0 spiro atoms. The summed E-state index contributed by atoms with van der Waals surface area (Å²) in [6.07, 6.45) is 9.29. The van der Waals surface area contributed by atoms with Crippen LogP contribution in [0.5, 0.6) is 0 Å². The molecule has 0 aromatic carbocycles. The van der Waals surface area contributed by atoms with E-state index in [1.807, 2.05) is 34.4 Å². The molecule has 142 valence electrons. The van der Waals surface area contributed by atoms with Crippen LogP contribution in [0.15, 0.2) is 41.3 Å². The topological polar surface area (TPSA) is 64.4 Å². The van der Waals surface area contributed by atoms with Crippen molar-refractivity contribution in [3.8, 4) is 11.5 Å². The van der Waals surface area contributed by atoms with Crippen LogP contribution in [-0.2, 0) is 20.0 Å². The van der Waals surface area contributed by atoms with Gasteiger partial charge in [-0.3, -0.25) is 9.58 Å². The van der Waals surface area contributed by atoms with Crippen molar-refractivity contribution in [2.24, 2.45) is 7.05 Å². The largest absolute Gasteiger partial charge is 0.463 e. The summed E-state index contributed by atoms with van der Waals surface area (Å²) < 4.78 is 9.47. The summed E-state index contributed by atoms with van der Waals surface area (Å²) in [6.45, 7) is 3.05. The van der Waals surface area contributed by atoms with Crippen LogP contribution in [-0.4, -0.2) is 35.3 Å². The van der Waals surface area contributed by atoms with Crippen molar-refractivity contribution in [3.63, 3.8) is 0 Å². The Hall–Kier alpha value is -2.93. The molecule has 7 heteroatoms. The lowest BCUT2D eigenvalue weighted by Gasteiger charge is -2.36. The second-order valence-corrected chi connectivity index (χ2v) is 7.97. The van der Waals surface area contributed by atoms with Gasteiger partial charge < -0.3 is 4.42 Å². The minimum atomic E-state index is 0.404. The van der Waals surface area contributed by atoms with E-state index in [2.05, 4.69) is 29.3 Å². The zero-order chi connectivity index (χ0) is 18.8. The van der Waals surface area contributed by atoms with Crippen molar-refractivity contribution in [3.05, 3.63) is 59.4 Å². The summed E-state index contributed by atoms with van der Waals surface area (Å²) in [5.41, 5.74) is 6.78. The van der Waals surface area contributed by atoms with Crippen LogP contribution in [0.1, 0.15) is 41.4 Å². The van der Waals surface area contributed by atoms with E-state index < -0.39 is 0 Å². The van der Waals surface area contributed by atoms with Gasteiger partial charge in [0.05, 0.1) is 17.7 Å². The maximum atomic E-state index is 5.52. The third-order valence-electron chi connectivity index (χ3n) is 6.29. The second kappa shape index (κ2) is 5.78. The fraction of sp³-hybridized carbons (Fsp3) is 0.381. The summed E-state index contributed by atoms with van der Waals surface area (Å²) in [7, 11) is 1.99. The number of fused-ring (bicyclic) bond motifs is 6. The van der Waals surface area contributed by atoms with Gasteiger partial charge in [-0.2, -0.15) is 10.2 Å². The van der Waals surface area contributed by atoms with Gasteiger partial charge in [0, 0.05) is 61.7 Å². The Labute approximate surface area is 162 Å². The molecule has 1 saturated heterocycles. The molecule has 0 aliphatic carbocycles. The Balaban J connectivity index is 1.40. The van der Waals surface area contributed by atoms with Gasteiger partial charge in [0.2, 0.25) is 0 Å². The molecule has 1 fully saturated rings. The van der Waals surface area contributed by atoms with E-state index in [4.69, 9.17) is 14.5 Å². The van der Waals surface area contributed by atoms with Crippen molar-refractivity contribution in [1.82, 2.24) is 29.3 Å². The van der Waals surface area contributed by atoms with E-state index in [9.17, 15) is 0 Å². The first kappa shape index (κ1) is 16.1. The number of nitrogens with zero attached hydrogens (tertiary/aromatic N) is 6. The molecule has 6 rings (SSSR count). The van der Waals surface area contributed by atoms with Crippen molar-refractivity contribution >= 4 is 5.65 Å². The molecule has 2 atom stereocenters. The minimum Gasteiger partial charge on any atom is -0.463 e. The van der Waals surface area contributed by atoms with Gasteiger partial charge in [0.15, 0.2) is 11.4 Å². The molecule has 2 bridgehead atoms. The predicted octanol–water partition coefficient (Wildman–Crippen LogP) is 3.29. The highest BCUT2D eigenvalue weighted by molar-refractivity contribution is 5.59. The first-order chi connectivity index (χ1) is 13.7. The van der Waals surface area contributed by atoms with Crippen LogP contribution in [0.25, 0.3) is 17.1 Å². The minimum absolute atomic E-state index is 0.404. The standard InChI is InChI=1S/C21H22N6O/c1-13-14(11-25(2)23-13)12-26-15-5-6-18(26)16-10-22-21-9-17(20-4-3-7-28-20)24-27(21)19(16)8-15/h3-4,7,9-11,15,18H,5-6,8,12H2,1-2H3/t15-,18-/m1/s1. The van der Waals surface area contributed by atoms with Crippen molar-refractivity contribution < 1.29 is 4.42 Å². The average Bonchev–Trinajstić information content (AvgIpc) is 3.43. The summed E-state index contributed by atoms with van der Waals surface area (Å²) in [5, 5.41) is 9.33. The first-order valence-electron chi connectivity index (χ1n) is 9.83. The molecule has 7 nitrogen and oxygen atoms in total. The monoisotopic (exact) mass is 374 g/mol. The summed E-state index contributed by atoms with van der Waals surface area (Å²) in [5.74, 6) is 0.784. The number of aromatic nitrogens is 5. The smallest absolute Gasteiger partial charge is 0.155 e. The van der Waals surface area contributed by atoms with E-state index in [0.29, 0.717) is 12.1 Å². The van der Waals surface area contributed by atoms with Gasteiger partial charge in [-0.05, 0) is 31.9 Å². The molecule has 0 N–H and O–H groups in total. The second-order valence-electron chi connectivity index (χ2n) is 7.97. The number of rotatable bonds is 3. The van der Waals surface area contributed by atoms with Gasteiger partial charge in [0.1, 0.15) is 5.69 Å². The first-order valence-corrected chi connectivity index (χ1v) is 9.83. The Bertz CT molecular complexity index is 1170. The summed E-state index contributed by atoms with van der Waals surface area (Å²) in [4.78, 5) is 7.36. The molecule has 4 aromatic rings. The molecular weight excluding hydrogens is 352 g/mol. The van der Waals surface area contributed by atoms with Gasteiger partial charge in [0.25, 0.3) is 0 Å². The van der Waals surface area contributed by atoms with Gasteiger partial charge in [-0.25, -0.2) is 9.50 Å². The normalized spacial score (nSPS) is 21.5. The highest BCUT2D eigenvalue weighted by atomic mass is 16.3. The molecule has 2 aliphatic heterocycles. The van der Waals surface area contributed by atoms with Crippen molar-refractivity contribution in [1.29, 1.82) is 0 Å². The maximum Gasteiger partial charge on any atom is 0.155 e. The molecule has 0 saturated carbocycles. The highest BCUT2D eigenvalue weighted by Gasteiger charge is 2.41. The molecule has 2 aliphatic rings. The lowest BCUT2D eigenvalue weighted by molar-refractivity contribution is 0.165. The number of furan rings is 1. The van der Waals surface area contributed by atoms with Crippen molar-refractivity contribution in [2.45, 2.75) is 44.8 Å². The lowest BCUT2D eigenvalue weighted by atomic mass is 9.98. The van der Waals surface area contributed by atoms with Crippen LogP contribution < -0.4 is 0 Å². The van der Waals surface area contributed by atoms with Gasteiger partial charge in [-0.15, -0.1) is 0 Å². The van der Waals surface area contributed by atoms with Crippen LogP contribution in [0.3, 0.4) is 0 Å². The third-order valence-corrected chi connectivity index (χ3v) is 6.29. The van der Waals surface area contributed by atoms with Gasteiger partial charge >= 0.3 is 0 Å². The van der Waals surface area contributed by atoms with Crippen LogP contribution >= 0.6 is 0 Å². The van der Waals surface area contributed by atoms with E-state index in [-0.39, 0.29) is 0 Å². The molecule has 0 unspecified atom stereocenters. The predicted molar refractivity (Wildman–Crippen MR) is 104 cm³/mol. The average molecular weight is 374 g/mol. The van der Waals surface area contributed by atoms with Crippen LogP contribution in [0.2, 0.25) is 0 Å². The van der Waals surface area contributed by atoms with Crippen molar-refractivity contribution in [2.75, 3.05) is 0 Å². The molecular formula is C21H22N6O. The Morgan fingerprint density at radius 3 is 2.96 bits per heavy atom. The van der Waals surface area contributed by atoms with E-state index in [1.54, 1.807) is 6.26 Å². The fourth-order valence-electron chi connectivity index (χ4n) is 4.97. The van der Waals surface area contributed by atoms with Crippen LogP contribution in [0.4, 0.5) is 0 Å². The third kappa shape index (κ3) is 2.29. The zero-order valence-corrected chi connectivity index (χ0v) is 16.0. The molecule has 0 radical (unpaired) electrons. The molecule has 0 amide bonds. The summed E-state index contributed by atoms with van der Waals surface area (Å²) >= 11 is 0. The van der Waals surface area contributed by atoms with Gasteiger partial charge in [-0.1, -0.05) is 0 Å². The SMILES string of the molecule is Cc1nn(C)cc1CN1[C@@H]2CC[C@@H]1c1cnc3cc(-c4ccco4)nn3c1C2. The quantitative estimate of drug-likeness (QED) is 0.551.